The molecule has 4 rings (SSSR count). The molecule has 1 amide bonds. The molecule has 1 aliphatic rings. The van der Waals surface area contributed by atoms with Crippen LogP contribution in [0.25, 0.3) is 5.69 Å². The van der Waals surface area contributed by atoms with Gasteiger partial charge in [-0.2, -0.15) is 5.10 Å². The van der Waals surface area contributed by atoms with E-state index in [1.807, 2.05) is 59.5 Å². The van der Waals surface area contributed by atoms with E-state index in [4.69, 9.17) is 0 Å². The summed E-state index contributed by atoms with van der Waals surface area (Å²) in [6.07, 6.45) is 4.38. The molecule has 0 aliphatic carbocycles. The number of likely N-dealkylation sites (tertiary alicyclic amines) is 1. The Labute approximate surface area is 160 Å². The maximum atomic E-state index is 12.8. The Morgan fingerprint density at radius 2 is 1.88 bits per heavy atom. The number of anilines is 1. The number of halogens is 1. The fourth-order valence-electron chi connectivity index (χ4n) is 3.18. The van der Waals surface area contributed by atoms with Crippen LogP contribution in [0.1, 0.15) is 16.8 Å². The number of nitrogens with zero attached hydrogens (tertiary/aromatic N) is 3. The summed E-state index contributed by atoms with van der Waals surface area (Å²) < 4.78 is 2.74. The Morgan fingerprint density at radius 3 is 2.65 bits per heavy atom. The molecule has 1 fully saturated rings. The van der Waals surface area contributed by atoms with Crippen LogP contribution in [0.3, 0.4) is 0 Å². The lowest BCUT2D eigenvalue weighted by atomic mass is 10.2. The highest BCUT2D eigenvalue weighted by molar-refractivity contribution is 9.10. The normalized spacial score (nSPS) is 16.7. The van der Waals surface area contributed by atoms with Crippen molar-refractivity contribution in [3.8, 4) is 5.69 Å². The maximum Gasteiger partial charge on any atom is 0.257 e. The molecule has 3 aromatic rings. The smallest absolute Gasteiger partial charge is 0.257 e. The molecule has 0 spiro atoms. The minimum atomic E-state index is 0.0331. The number of carbonyl (C=O) groups is 1. The second-order valence-corrected chi connectivity index (χ2v) is 7.31. The molecule has 1 atom stereocenters. The summed E-state index contributed by atoms with van der Waals surface area (Å²) in [5, 5.41) is 7.83. The van der Waals surface area contributed by atoms with E-state index in [0.717, 1.165) is 28.8 Å². The van der Waals surface area contributed by atoms with E-state index in [0.29, 0.717) is 12.1 Å². The van der Waals surface area contributed by atoms with E-state index in [2.05, 4.69) is 26.3 Å². The second-order valence-electron chi connectivity index (χ2n) is 6.40. The molecule has 0 saturated carbocycles. The number of rotatable bonds is 4. The van der Waals surface area contributed by atoms with Crippen molar-refractivity contribution in [2.24, 2.45) is 0 Å². The standard InChI is InChI=1S/C20H19BrN4O/c21-16-6-8-19(9-7-16)25-13-15(12-22-25)20(26)24-11-10-18(14-24)23-17-4-2-1-3-5-17/h1-9,12-13,18,23H,10-11,14H2. The summed E-state index contributed by atoms with van der Waals surface area (Å²) in [5.41, 5.74) is 2.64. The van der Waals surface area contributed by atoms with Gasteiger partial charge in [-0.05, 0) is 42.8 Å². The number of amides is 1. The summed E-state index contributed by atoms with van der Waals surface area (Å²) in [6, 6.07) is 18.2. The number of hydrogen-bond donors (Lipinski definition) is 1. The quantitative estimate of drug-likeness (QED) is 0.707. The van der Waals surface area contributed by atoms with Crippen molar-refractivity contribution in [3.05, 3.63) is 77.0 Å². The zero-order chi connectivity index (χ0) is 17.9. The fraction of sp³-hybridized carbons (Fsp3) is 0.200. The molecule has 1 aromatic heterocycles. The third kappa shape index (κ3) is 3.65. The van der Waals surface area contributed by atoms with Crippen molar-refractivity contribution in [2.45, 2.75) is 12.5 Å². The summed E-state index contributed by atoms with van der Waals surface area (Å²) in [6.45, 7) is 1.46. The Morgan fingerprint density at radius 1 is 1.12 bits per heavy atom. The lowest BCUT2D eigenvalue weighted by Crippen LogP contribution is -2.31. The molecule has 1 N–H and O–H groups in total. The largest absolute Gasteiger partial charge is 0.380 e. The third-order valence-corrected chi connectivity index (χ3v) is 5.07. The number of para-hydroxylation sites is 1. The van der Waals surface area contributed by atoms with Gasteiger partial charge in [0.2, 0.25) is 0 Å². The van der Waals surface area contributed by atoms with Gasteiger partial charge in [-0.15, -0.1) is 0 Å². The highest BCUT2D eigenvalue weighted by Crippen LogP contribution is 2.19. The third-order valence-electron chi connectivity index (χ3n) is 4.54. The number of aromatic nitrogens is 2. The van der Waals surface area contributed by atoms with E-state index in [1.54, 1.807) is 17.1 Å². The van der Waals surface area contributed by atoms with Gasteiger partial charge < -0.3 is 10.2 Å². The molecule has 132 valence electrons. The summed E-state index contributed by atoms with van der Waals surface area (Å²) in [5.74, 6) is 0.0331. The topological polar surface area (TPSA) is 50.2 Å². The highest BCUT2D eigenvalue weighted by Gasteiger charge is 2.27. The fourth-order valence-corrected chi connectivity index (χ4v) is 3.45. The van der Waals surface area contributed by atoms with Crippen molar-refractivity contribution in [1.82, 2.24) is 14.7 Å². The summed E-state index contributed by atoms with van der Waals surface area (Å²) in [4.78, 5) is 14.7. The Kier molecular flexibility index (Phi) is 4.75. The van der Waals surface area contributed by atoms with Crippen LogP contribution in [0.4, 0.5) is 5.69 Å². The molecule has 0 bridgehead atoms. The van der Waals surface area contributed by atoms with Crippen LogP contribution in [0.2, 0.25) is 0 Å². The van der Waals surface area contributed by atoms with E-state index in [9.17, 15) is 4.79 Å². The molecule has 6 heteroatoms. The Balaban J connectivity index is 1.41. The second kappa shape index (κ2) is 7.33. The van der Waals surface area contributed by atoms with Gasteiger partial charge in [0.05, 0.1) is 17.4 Å². The van der Waals surface area contributed by atoms with Gasteiger partial charge in [-0.3, -0.25) is 4.79 Å². The first-order valence-electron chi connectivity index (χ1n) is 8.60. The average Bonchev–Trinajstić information content (AvgIpc) is 3.33. The first kappa shape index (κ1) is 16.8. The van der Waals surface area contributed by atoms with Crippen LogP contribution >= 0.6 is 15.9 Å². The molecule has 26 heavy (non-hydrogen) atoms. The van der Waals surface area contributed by atoms with Gasteiger partial charge in [0.1, 0.15) is 0 Å². The molecule has 1 aliphatic heterocycles. The average molecular weight is 411 g/mol. The van der Waals surface area contributed by atoms with E-state index in [1.165, 1.54) is 0 Å². The van der Waals surface area contributed by atoms with Gasteiger partial charge in [-0.25, -0.2) is 4.68 Å². The van der Waals surface area contributed by atoms with Crippen LogP contribution in [0.15, 0.2) is 71.5 Å². The van der Waals surface area contributed by atoms with Crippen LogP contribution in [-0.4, -0.2) is 39.7 Å². The van der Waals surface area contributed by atoms with Crippen molar-refractivity contribution < 1.29 is 4.79 Å². The summed E-state index contributed by atoms with van der Waals surface area (Å²) >= 11 is 3.42. The van der Waals surface area contributed by atoms with Gasteiger partial charge >= 0.3 is 0 Å². The molecule has 2 heterocycles. The minimum Gasteiger partial charge on any atom is -0.380 e. The lowest BCUT2D eigenvalue weighted by Gasteiger charge is -2.17. The molecular formula is C20H19BrN4O. The molecule has 0 radical (unpaired) electrons. The maximum absolute atomic E-state index is 12.8. The van der Waals surface area contributed by atoms with E-state index >= 15 is 0 Å². The van der Waals surface area contributed by atoms with Gasteiger partial charge in [-0.1, -0.05) is 34.1 Å². The van der Waals surface area contributed by atoms with Crippen LogP contribution < -0.4 is 5.32 Å². The molecular weight excluding hydrogens is 392 g/mol. The highest BCUT2D eigenvalue weighted by atomic mass is 79.9. The lowest BCUT2D eigenvalue weighted by molar-refractivity contribution is 0.0791. The van der Waals surface area contributed by atoms with Crippen LogP contribution in [0.5, 0.6) is 0 Å². The summed E-state index contributed by atoms with van der Waals surface area (Å²) in [7, 11) is 0. The van der Waals surface area contributed by atoms with Crippen molar-refractivity contribution >= 4 is 27.5 Å². The number of hydrogen-bond acceptors (Lipinski definition) is 3. The van der Waals surface area contributed by atoms with Crippen LogP contribution in [0, 0.1) is 0 Å². The predicted molar refractivity (Wildman–Crippen MR) is 106 cm³/mol. The van der Waals surface area contributed by atoms with E-state index < -0.39 is 0 Å². The van der Waals surface area contributed by atoms with Crippen molar-refractivity contribution in [1.29, 1.82) is 0 Å². The first-order valence-corrected chi connectivity index (χ1v) is 9.40. The number of nitrogens with one attached hydrogen (secondary N) is 1. The number of carbonyl (C=O) groups excluding carboxylic acids is 1. The zero-order valence-electron chi connectivity index (χ0n) is 14.2. The van der Waals surface area contributed by atoms with E-state index in [-0.39, 0.29) is 11.9 Å². The monoisotopic (exact) mass is 410 g/mol. The van der Waals surface area contributed by atoms with Crippen molar-refractivity contribution in [2.75, 3.05) is 18.4 Å². The van der Waals surface area contributed by atoms with Gasteiger partial charge in [0.25, 0.3) is 5.91 Å². The van der Waals surface area contributed by atoms with Crippen molar-refractivity contribution in [3.63, 3.8) is 0 Å². The first-order chi connectivity index (χ1) is 12.7. The predicted octanol–water partition coefficient (Wildman–Crippen LogP) is 3.96. The Hall–Kier alpha value is -2.60. The van der Waals surface area contributed by atoms with Crippen LogP contribution in [-0.2, 0) is 0 Å². The van der Waals surface area contributed by atoms with Gasteiger partial charge in [0.15, 0.2) is 0 Å². The minimum absolute atomic E-state index is 0.0331. The molecule has 1 saturated heterocycles. The molecule has 5 nitrogen and oxygen atoms in total. The number of benzene rings is 2. The van der Waals surface area contributed by atoms with Gasteiger partial charge in [0, 0.05) is 35.5 Å². The molecule has 2 aromatic carbocycles. The SMILES string of the molecule is O=C(c1cnn(-c2ccc(Br)cc2)c1)N1CCC(Nc2ccccc2)C1. The molecule has 1 unspecified atom stereocenters. The Bertz CT molecular complexity index is 892. The zero-order valence-corrected chi connectivity index (χ0v) is 15.8.